The molecule has 0 saturated heterocycles. The predicted molar refractivity (Wildman–Crippen MR) is 73.3 cm³/mol. The van der Waals surface area contributed by atoms with Crippen molar-refractivity contribution in [2.45, 2.75) is 6.92 Å². The molecule has 0 unspecified atom stereocenters. The summed E-state index contributed by atoms with van der Waals surface area (Å²) in [4.78, 5) is 4.05. The molecule has 0 aliphatic carbocycles. The van der Waals surface area contributed by atoms with Crippen molar-refractivity contribution < 1.29 is 8.78 Å². The number of imidazole rings is 1. The highest BCUT2D eigenvalue weighted by atomic mass is 35.5. The third-order valence-electron chi connectivity index (χ3n) is 2.65. The van der Waals surface area contributed by atoms with Crippen molar-refractivity contribution >= 4 is 22.7 Å². The van der Waals surface area contributed by atoms with Gasteiger partial charge in [0, 0.05) is 6.20 Å². The van der Waals surface area contributed by atoms with Crippen LogP contribution in [0.4, 0.5) is 8.78 Å². The maximum atomic E-state index is 13.9. The van der Waals surface area contributed by atoms with Crippen molar-refractivity contribution in [2.24, 2.45) is 0 Å². The molecule has 0 bridgehead atoms. The molecule has 2 aromatic heterocycles. The largest absolute Gasteiger partial charge is 0.298 e. The van der Waals surface area contributed by atoms with Gasteiger partial charge in [-0.05, 0) is 25.1 Å². The van der Waals surface area contributed by atoms with Crippen molar-refractivity contribution in [3.8, 4) is 0 Å². The highest BCUT2D eigenvalue weighted by molar-refractivity contribution is 6.33. The maximum Gasteiger partial charge on any atom is 0.150 e. The van der Waals surface area contributed by atoms with Gasteiger partial charge in [0.2, 0.25) is 0 Å². The second-order valence-electron chi connectivity index (χ2n) is 3.76. The van der Waals surface area contributed by atoms with Crippen LogP contribution in [-0.4, -0.2) is 9.38 Å². The van der Waals surface area contributed by atoms with E-state index in [1.54, 1.807) is 18.3 Å². The Hall–Kier alpha value is -1.94. The molecule has 0 aromatic carbocycles. The van der Waals surface area contributed by atoms with Gasteiger partial charge in [-0.2, -0.15) is 0 Å². The lowest BCUT2D eigenvalue weighted by Gasteiger charge is -2.06. The van der Waals surface area contributed by atoms with Crippen LogP contribution in [0.3, 0.4) is 0 Å². The van der Waals surface area contributed by atoms with Crippen molar-refractivity contribution in [1.82, 2.24) is 9.38 Å². The van der Waals surface area contributed by atoms with Crippen LogP contribution in [0.5, 0.6) is 0 Å². The zero-order valence-electron chi connectivity index (χ0n) is 10.2. The molecule has 0 amide bonds. The van der Waals surface area contributed by atoms with Gasteiger partial charge in [0.1, 0.15) is 17.5 Å². The van der Waals surface area contributed by atoms with Gasteiger partial charge in [-0.3, -0.25) is 4.40 Å². The molecule has 2 nitrogen and oxygen atoms in total. The summed E-state index contributed by atoms with van der Waals surface area (Å²) in [5.74, 6) is -1.33. The summed E-state index contributed by atoms with van der Waals surface area (Å²) >= 11 is 6.00. The van der Waals surface area contributed by atoms with E-state index in [-0.39, 0.29) is 11.4 Å². The van der Waals surface area contributed by atoms with Crippen LogP contribution < -0.4 is 0 Å². The molecule has 5 heteroatoms. The van der Waals surface area contributed by atoms with Crippen LogP contribution in [0, 0.1) is 0 Å². The van der Waals surface area contributed by atoms with Gasteiger partial charge in [0.15, 0.2) is 0 Å². The number of allylic oxidation sites excluding steroid dienone is 5. The highest BCUT2D eigenvalue weighted by Crippen LogP contribution is 2.30. The van der Waals surface area contributed by atoms with E-state index in [1.165, 1.54) is 23.6 Å². The summed E-state index contributed by atoms with van der Waals surface area (Å²) in [6, 6.07) is 3.36. The topological polar surface area (TPSA) is 17.3 Å². The second kappa shape index (κ2) is 5.36. The lowest BCUT2D eigenvalue weighted by atomic mass is 10.1. The van der Waals surface area contributed by atoms with Gasteiger partial charge >= 0.3 is 0 Å². The van der Waals surface area contributed by atoms with Crippen molar-refractivity contribution in [1.29, 1.82) is 0 Å². The van der Waals surface area contributed by atoms with Crippen LogP contribution in [0.2, 0.25) is 5.02 Å². The monoisotopic (exact) mass is 280 g/mol. The molecule has 0 N–H and O–H groups in total. The number of hydrogen-bond acceptors (Lipinski definition) is 1. The molecule has 2 heterocycles. The van der Waals surface area contributed by atoms with Crippen LogP contribution >= 0.6 is 11.6 Å². The fraction of sp³-hybridized carbons (Fsp3) is 0.0714. The molecule has 0 radical (unpaired) electrons. The Morgan fingerprint density at radius 2 is 2.21 bits per heavy atom. The SMILES string of the molecule is C=C/C(F)=C(\C(F)=C/C)c1ncc2c(Cl)cccn12. The summed E-state index contributed by atoms with van der Waals surface area (Å²) in [6.45, 7) is 4.80. The number of fused-ring (bicyclic) bond motifs is 1. The van der Waals surface area contributed by atoms with Crippen molar-refractivity contribution in [2.75, 3.05) is 0 Å². The van der Waals surface area contributed by atoms with E-state index < -0.39 is 11.7 Å². The Kier molecular flexibility index (Phi) is 3.81. The molecule has 2 rings (SSSR count). The second-order valence-corrected chi connectivity index (χ2v) is 4.16. The number of aromatic nitrogens is 2. The summed E-state index contributed by atoms with van der Waals surface area (Å²) in [5.41, 5.74) is 0.345. The lowest BCUT2D eigenvalue weighted by Crippen LogP contribution is -1.97. The van der Waals surface area contributed by atoms with Crippen LogP contribution in [0.1, 0.15) is 12.7 Å². The molecule has 0 atom stereocenters. The highest BCUT2D eigenvalue weighted by Gasteiger charge is 2.18. The van der Waals surface area contributed by atoms with Gasteiger partial charge in [-0.15, -0.1) is 0 Å². The number of hydrogen-bond donors (Lipinski definition) is 0. The molecule has 0 aliphatic rings. The normalized spacial score (nSPS) is 13.6. The Labute approximate surface area is 114 Å². The summed E-state index contributed by atoms with van der Waals surface area (Å²) in [5, 5.41) is 0.459. The van der Waals surface area contributed by atoms with Crippen LogP contribution in [0.25, 0.3) is 11.1 Å². The van der Waals surface area contributed by atoms with Gasteiger partial charge in [-0.1, -0.05) is 24.3 Å². The molecular weight excluding hydrogens is 270 g/mol. The smallest absolute Gasteiger partial charge is 0.150 e. The van der Waals surface area contributed by atoms with E-state index >= 15 is 0 Å². The molecular formula is C14H11ClF2N2. The zero-order chi connectivity index (χ0) is 14.0. The maximum absolute atomic E-state index is 13.9. The average molecular weight is 281 g/mol. The molecule has 2 aromatic rings. The van der Waals surface area contributed by atoms with Gasteiger partial charge in [-0.25, -0.2) is 13.8 Å². The first-order chi connectivity index (χ1) is 9.10. The molecule has 0 aliphatic heterocycles. The molecule has 0 spiro atoms. The van der Waals surface area contributed by atoms with E-state index in [0.717, 1.165) is 6.08 Å². The third kappa shape index (κ3) is 2.31. The Morgan fingerprint density at radius 1 is 1.47 bits per heavy atom. The van der Waals surface area contributed by atoms with E-state index in [1.807, 2.05) is 0 Å². The minimum Gasteiger partial charge on any atom is -0.298 e. The summed E-state index contributed by atoms with van der Waals surface area (Å²) in [7, 11) is 0. The molecule has 0 fully saturated rings. The fourth-order valence-corrected chi connectivity index (χ4v) is 1.96. The van der Waals surface area contributed by atoms with Crippen molar-refractivity contribution in [3.63, 3.8) is 0 Å². The number of nitrogens with zero attached hydrogens (tertiary/aromatic N) is 2. The van der Waals surface area contributed by atoms with E-state index in [4.69, 9.17) is 11.6 Å². The third-order valence-corrected chi connectivity index (χ3v) is 2.97. The van der Waals surface area contributed by atoms with Crippen LogP contribution in [-0.2, 0) is 0 Å². The molecule has 98 valence electrons. The van der Waals surface area contributed by atoms with Gasteiger partial charge in [0.05, 0.1) is 22.3 Å². The first kappa shape index (κ1) is 13.5. The zero-order valence-corrected chi connectivity index (χ0v) is 11.0. The van der Waals surface area contributed by atoms with Crippen molar-refractivity contribution in [3.05, 3.63) is 65.8 Å². The Morgan fingerprint density at radius 3 is 2.84 bits per heavy atom. The predicted octanol–water partition coefficient (Wildman–Crippen LogP) is 4.73. The van der Waals surface area contributed by atoms with Crippen LogP contribution in [0.15, 0.2) is 54.9 Å². The number of pyridine rings is 1. The summed E-state index contributed by atoms with van der Waals surface area (Å²) < 4.78 is 29.2. The standard InChI is InChI=1S/C14H11ClF2N2/c1-3-10(16)13(11(17)4-2)14-18-8-12-9(15)6-5-7-19(12)14/h3-8H,1H2,2H3/b11-4+,13-10-. The van der Waals surface area contributed by atoms with E-state index in [2.05, 4.69) is 11.6 Å². The van der Waals surface area contributed by atoms with Gasteiger partial charge in [0.25, 0.3) is 0 Å². The molecule has 19 heavy (non-hydrogen) atoms. The minimum atomic E-state index is -0.775. The Balaban J connectivity index is 2.79. The van der Waals surface area contributed by atoms with Gasteiger partial charge < -0.3 is 0 Å². The Bertz CT molecular complexity index is 699. The van der Waals surface area contributed by atoms with E-state index in [0.29, 0.717) is 10.5 Å². The average Bonchev–Trinajstić information content (AvgIpc) is 2.84. The molecule has 0 saturated carbocycles. The first-order valence-electron chi connectivity index (χ1n) is 5.56. The number of halogens is 3. The minimum absolute atomic E-state index is 0.144. The first-order valence-corrected chi connectivity index (χ1v) is 5.94. The number of rotatable bonds is 3. The lowest BCUT2D eigenvalue weighted by molar-refractivity contribution is 0.637. The quantitative estimate of drug-likeness (QED) is 0.743. The summed E-state index contributed by atoms with van der Waals surface area (Å²) in [6.07, 6.45) is 5.23. The van der Waals surface area contributed by atoms with E-state index in [9.17, 15) is 8.78 Å². The fourth-order valence-electron chi connectivity index (χ4n) is 1.75.